The lowest BCUT2D eigenvalue weighted by molar-refractivity contribution is 0.426. The molecule has 5 nitrogen and oxygen atoms in total. The number of nitrogens with one attached hydrogen (secondary N) is 1. The minimum absolute atomic E-state index is 0.206. The van der Waals surface area contributed by atoms with Crippen LogP contribution in [0, 0.1) is 5.92 Å². The van der Waals surface area contributed by atoms with Gasteiger partial charge in [0.25, 0.3) is 5.56 Å². The van der Waals surface area contributed by atoms with Gasteiger partial charge in [-0.25, -0.2) is 4.68 Å². The molecule has 0 aromatic carbocycles. The van der Waals surface area contributed by atoms with E-state index in [2.05, 4.69) is 10.4 Å². The first-order chi connectivity index (χ1) is 8.50. The number of halogens is 1. The zero-order chi connectivity index (χ0) is 13.3. The second-order valence-corrected chi connectivity index (χ2v) is 5.53. The summed E-state index contributed by atoms with van der Waals surface area (Å²) in [7, 11) is 1.95. The number of likely N-dealkylation sites (N-methyl/N-ethyl adjacent to an activating group) is 1. The Morgan fingerprint density at radius 3 is 2.78 bits per heavy atom. The van der Waals surface area contributed by atoms with Crippen LogP contribution < -0.4 is 15.8 Å². The van der Waals surface area contributed by atoms with Crippen molar-refractivity contribution in [1.82, 2.24) is 15.1 Å². The van der Waals surface area contributed by atoms with Crippen LogP contribution in [0.5, 0.6) is 0 Å². The van der Waals surface area contributed by atoms with Crippen LogP contribution in [0.3, 0.4) is 0 Å². The van der Waals surface area contributed by atoms with Crippen molar-refractivity contribution in [2.75, 3.05) is 25.0 Å². The number of hydrogen-bond acceptors (Lipinski definition) is 4. The van der Waals surface area contributed by atoms with E-state index in [0.717, 1.165) is 13.1 Å². The first kappa shape index (κ1) is 13.4. The van der Waals surface area contributed by atoms with Crippen LogP contribution in [0.4, 0.5) is 5.69 Å². The van der Waals surface area contributed by atoms with Gasteiger partial charge in [-0.1, -0.05) is 25.4 Å². The Labute approximate surface area is 112 Å². The van der Waals surface area contributed by atoms with Gasteiger partial charge >= 0.3 is 0 Å². The van der Waals surface area contributed by atoms with Crippen molar-refractivity contribution in [3.05, 3.63) is 21.6 Å². The molecule has 1 aromatic rings. The molecule has 0 saturated carbocycles. The van der Waals surface area contributed by atoms with Gasteiger partial charge in [-0.2, -0.15) is 5.10 Å². The standard InChI is InChI=1S/C12H19ClN4O/c1-8(2)7-17-12(18)11(13)10(6-15-17)16(3)9-4-14-5-9/h6,8-9,14H,4-5,7H2,1-3H3. The van der Waals surface area contributed by atoms with E-state index < -0.39 is 0 Å². The fraction of sp³-hybridized carbons (Fsp3) is 0.667. The van der Waals surface area contributed by atoms with Crippen LogP contribution in [0.25, 0.3) is 0 Å². The van der Waals surface area contributed by atoms with E-state index in [1.165, 1.54) is 4.68 Å². The zero-order valence-electron chi connectivity index (χ0n) is 11.0. The van der Waals surface area contributed by atoms with Crippen molar-refractivity contribution >= 4 is 17.3 Å². The summed E-state index contributed by atoms with van der Waals surface area (Å²) in [6.45, 7) is 6.52. The molecule has 0 radical (unpaired) electrons. The maximum atomic E-state index is 12.1. The van der Waals surface area contributed by atoms with E-state index in [4.69, 9.17) is 11.6 Å². The second-order valence-electron chi connectivity index (χ2n) is 5.15. The summed E-state index contributed by atoms with van der Waals surface area (Å²) in [5.41, 5.74) is 0.509. The minimum Gasteiger partial charge on any atom is -0.366 e. The third-order valence-electron chi connectivity index (χ3n) is 3.19. The summed E-state index contributed by atoms with van der Waals surface area (Å²) in [5, 5.41) is 7.66. The van der Waals surface area contributed by atoms with Crippen LogP contribution in [0.15, 0.2) is 11.0 Å². The normalized spacial score (nSPS) is 15.8. The minimum atomic E-state index is -0.206. The lowest BCUT2D eigenvalue weighted by atomic mass is 10.1. The highest BCUT2D eigenvalue weighted by molar-refractivity contribution is 6.33. The van der Waals surface area contributed by atoms with E-state index in [-0.39, 0.29) is 10.6 Å². The molecule has 0 unspecified atom stereocenters. The molecule has 100 valence electrons. The number of aromatic nitrogens is 2. The predicted molar refractivity (Wildman–Crippen MR) is 73.4 cm³/mol. The molecular weight excluding hydrogens is 252 g/mol. The van der Waals surface area contributed by atoms with Gasteiger partial charge in [-0.05, 0) is 5.92 Å². The molecule has 1 fully saturated rings. The number of rotatable bonds is 4. The summed E-state index contributed by atoms with van der Waals surface area (Å²) in [6.07, 6.45) is 1.68. The highest BCUT2D eigenvalue weighted by Crippen LogP contribution is 2.22. The Kier molecular flexibility index (Phi) is 3.92. The fourth-order valence-electron chi connectivity index (χ4n) is 1.92. The molecule has 2 heterocycles. The van der Waals surface area contributed by atoms with E-state index in [9.17, 15) is 4.79 Å². The highest BCUT2D eigenvalue weighted by atomic mass is 35.5. The molecule has 1 N–H and O–H groups in total. The van der Waals surface area contributed by atoms with Crippen molar-refractivity contribution in [3.8, 4) is 0 Å². The highest BCUT2D eigenvalue weighted by Gasteiger charge is 2.24. The first-order valence-corrected chi connectivity index (χ1v) is 6.57. The van der Waals surface area contributed by atoms with Crippen molar-refractivity contribution in [3.63, 3.8) is 0 Å². The summed E-state index contributed by atoms with van der Waals surface area (Å²) in [4.78, 5) is 14.1. The van der Waals surface area contributed by atoms with E-state index in [0.29, 0.717) is 24.2 Å². The van der Waals surface area contributed by atoms with Crippen LogP contribution in [0.1, 0.15) is 13.8 Å². The zero-order valence-corrected chi connectivity index (χ0v) is 11.7. The molecule has 0 atom stereocenters. The molecule has 1 aliphatic heterocycles. The molecule has 6 heteroatoms. The van der Waals surface area contributed by atoms with Crippen LogP contribution in [-0.4, -0.2) is 36.0 Å². The lowest BCUT2D eigenvalue weighted by Crippen LogP contribution is -2.56. The van der Waals surface area contributed by atoms with Gasteiger partial charge in [-0.15, -0.1) is 0 Å². The van der Waals surface area contributed by atoms with Crippen molar-refractivity contribution < 1.29 is 0 Å². The van der Waals surface area contributed by atoms with Gasteiger partial charge in [0.2, 0.25) is 0 Å². The monoisotopic (exact) mass is 270 g/mol. The quantitative estimate of drug-likeness (QED) is 0.886. The van der Waals surface area contributed by atoms with Crippen molar-refractivity contribution in [2.45, 2.75) is 26.4 Å². The van der Waals surface area contributed by atoms with Gasteiger partial charge in [0.15, 0.2) is 0 Å². The average molecular weight is 271 g/mol. The molecule has 0 amide bonds. The third kappa shape index (κ3) is 2.52. The van der Waals surface area contributed by atoms with Gasteiger partial charge in [0.05, 0.1) is 17.9 Å². The number of anilines is 1. The Balaban J connectivity index is 2.28. The van der Waals surface area contributed by atoms with E-state index in [1.54, 1.807) is 6.20 Å². The molecule has 1 aliphatic rings. The Morgan fingerprint density at radius 1 is 1.61 bits per heavy atom. The second kappa shape index (κ2) is 5.28. The Hall–Kier alpha value is -1.07. The van der Waals surface area contributed by atoms with Crippen molar-refractivity contribution in [1.29, 1.82) is 0 Å². The van der Waals surface area contributed by atoms with Gasteiger partial charge < -0.3 is 10.2 Å². The van der Waals surface area contributed by atoms with E-state index >= 15 is 0 Å². The molecule has 0 bridgehead atoms. The van der Waals surface area contributed by atoms with Crippen LogP contribution in [0.2, 0.25) is 5.02 Å². The maximum Gasteiger partial charge on any atom is 0.287 e. The maximum absolute atomic E-state index is 12.1. The molecule has 0 spiro atoms. The van der Waals surface area contributed by atoms with Crippen LogP contribution >= 0.6 is 11.6 Å². The summed E-state index contributed by atoms with van der Waals surface area (Å²) < 4.78 is 1.43. The fourth-order valence-corrected chi connectivity index (χ4v) is 2.20. The molecule has 0 aliphatic carbocycles. The predicted octanol–water partition coefficient (Wildman–Crippen LogP) is 0.961. The molecule has 18 heavy (non-hydrogen) atoms. The SMILES string of the molecule is CC(C)Cn1ncc(N(C)C2CNC2)c(Cl)c1=O. The average Bonchev–Trinajstić information content (AvgIpc) is 2.22. The van der Waals surface area contributed by atoms with E-state index in [1.807, 2.05) is 25.8 Å². The molecule has 1 saturated heterocycles. The van der Waals surface area contributed by atoms with Crippen LogP contribution in [-0.2, 0) is 6.54 Å². The van der Waals surface area contributed by atoms with Gasteiger partial charge in [0.1, 0.15) is 5.02 Å². The third-order valence-corrected chi connectivity index (χ3v) is 3.55. The molecular formula is C12H19ClN4O. The Bertz CT molecular complexity index is 481. The van der Waals surface area contributed by atoms with Crippen molar-refractivity contribution in [2.24, 2.45) is 5.92 Å². The number of nitrogens with zero attached hydrogens (tertiary/aromatic N) is 3. The smallest absolute Gasteiger partial charge is 0.287 e. The van der Waals surface area contributed by atoms with Gasteiger partial charge in [-0.3, -0.25) is 4.79 Å². The largest absolute Gasteiger partial charge is 0.366 e. The van der Waals surface area contributed by atoms with Gasteiger partial charge in [0, 0.05) is 26.7 Å². The summed E-state index contributed by atoms with van der Waals surface area (Å²) >= 11 is 6.17. The summed E-state index contributed by atoms with van der Waals surface area (Å²) in [6, 6.07) is 0.393. The molecule has 1 aromatic heterocycles. The molecule has 2 rings (SSSR count). The topological polar surface area (TPSA) is 50.2 Å². The first-order valence-electron chi connectivity index (χ1n) is 6.20. The Morgan fingerprint density at radius 2 is 2.28 bits per heavy atom. The summed E-state index contributed by atoms with van der Waals surface area (Å²) in [5.74, 6) is 0.366. The number of hydrogen-bond donors (Lipinski definition) is 1. The lowest BCUT2D eigenvalue weighted by Gasteiger charge is -2.37.